The van der Waals surface area contributed by atoms with E-state index in [1.165, 1.54) is 15.6 Å². The number of nitrogen functional groups attached to an aromatic ring is 1. The molecular formula is C16H16F2N6O3. The molecule has 142 valence electrons. The Labute approximate surface area is 151 Å². The molecule has 1 aliphatic rings. The number of hydrogen-bond donors (Lipinski definition) is 2. The van der Waals surface area contributed by atoms with Gasteiger partial charge < -0.3 is 20.5 Å². The van der Waals surface area contributed by atoms with Crippen LogP contribution in [0.3, 0.4) is 0 Å². The molecule has 1 aliphatic heterocycles. The highest BCUT2D eigenvalue weighted by Crippen LogP contribution is 2.34. The van der Waals surface area contributed by atoms with Gasteiger partial charge in [0.05, 0.1) is 17.8 Å². The summed E-state index contributed by atoms with van der Waals surface area (Å²) in [5, 5.41) is 16.8. The van der Waals surface area contributed by atoms with Crippen molar-refractivity contribution in [2.75, 3.05) is 18.9 Å². The average molecular weight is 378 g/mol. The molecular weight excluding hydrogens is 362 g/mol. The number of carboxylic acid groups (broad SMARTS) is 1. The van der Waals surface area contributed by atoms with Crippen molar-refractivity contribution < 1.29 is 23.4 Å². The van der Waals surface area contributed by atoms with Gasteiger partial charge >= 0.3 is 12.6 Å². The smallest absolute Gasteiger partial charge is 0.407 e. The third kappa shape index (κ3) is 3.00. The Balaban J connectivity index is 1.65. The molecule has 1 saturated heterocycles. The lowest BCUT2D eigenvalue weighted by Crippen LogP contribution is -2.53. The van der Waals surface area contributed by atoms with Crippen LogP contribution < -0.4 is 10.5 Å². The lowest BCUT2D eigenvalue weighted by atomic mass is 10.1. The van der Waals surface area contributed by atoms with E-state index in [-0.39, 0.29) is 24.1 Å². The zero-order valence-electron chi connectivity index (χ0n) is 14.0. The summed E-state index contributed by atoms with van der Waals surface area (Å²) in [6.45, 7) is -2.36. The predicted octanol–water partition coefficient (Wildman–Crippen LogP) is 2.31. The second-order valence-electron chi connectivity index (χ2n) is 6.16. The average Bonchev–Trinajstić information content (AvgIpc) is 3.15. The number of aromatic nitrogens is 4. The fraction of sp³-hybridized carbons (Fsp3) is 0.312. The standard InChI is InChI=1S/C16H16F2N6O3/c17-15(18)24-14(9-1-4-23-11(5-9)6-13(19)21-23)12(7-20-24)27-8-10-2-3-22(10)16(25)26/h1,4-7,10,15H,2-3,8H2,(H2,19,21)(H,25,26). The van der Waals surface area contributed by atoms with Crippen molar-refractivity contribution in [2.45, 2.75) is 19.0 Å². The molecule has 3 N–H and O–H groups in total. The van der Waals surface area contributed by atoms with E-state index in [2.05, 4.69) is 10.2 Å². The Bertz CT molecular complexity index is 1000. The van der Waals surface area contributed by atoms with Crippen LogP contribution in [0.5, 0.6) is 5.75 Å². The molecule has 9 nitrogen and oxygen atoms in total. The maximum atomic E-state index is 13.4. The first-order chi connectivity index (χ1) is 12.9. The number of rotatable bonds is 5. The van der Waals surface area contributed by atoms with Gasteiger partial charge in [-0.2, -0.15) is 23.7 Å². The molecule has 4 rings (SSSR count). The normalized spacial score (nSPS) is 16.7. The first-order valence-corrected chi connectivity index (χ1v) is 8.17. The molecule has 1 amide bonds. The predicted molar refractivity (Wildman–Crippen MR) is 90.7 cm³/mol. The SMILES string of the molecule is Nc1cc2cc(-c3c(OCC4CCN4C(=O)O)cnn3C(F)F)ccn2n1. The van der Waals surface area contributed by atoms with Crippen molar-refractivity contribution in [3.8, 4) is 17.0 Å². The molecule has 0 aliphatic carbocycles. The minimum atomic E-state index is -2.86. The van der Waals surface area contributed by atoms with E-state index in [1.807, 2.05) is 0 Å². The zero-order valence-corrected chi connectivity index (χ0v) is 14.0. The molecule has 11 heteroatoms. The fourth-order valence-corrected chi connectivity index (χ4v) is 3.09. The van der Waals surface area contributed by atoms with Crippen molar-refractivity contribution >= 4 is 17.4 Å². The van der Waals surface area contributed by atoms with Crippen molar-refractivity contribution in [2.24, 2.45) is 0 Å². The Kier molecular flexibility index (Phi) is 4.05. The fourth-order valence-electron chi connectivity index (χ4n) is 3.09. The van der Waals surface area contributed by atoms with E-state index < -0.39 is 12.6 Å². The number of hydrogen-bond acceptors (Lipinski definition) is 5. The Hall–Kier alpha value is -3.37. The van der Waals surface area contributed by atoms with Crippen LogP contribution in [0.1, 0.15) is 13.0 Å². The maximum Gasteiger partial charge on any atom is 0.407 e. The molecule has 0 aromatic carbocycles. The van der Waals surface area contributed by atoms with Crippen LogP contribution in [-0.2, 0) is 0 Å². The molecule has 3 aromatic rings. The minimum Gasteiger partial charge on any atom is -0.487 e. The third-order valence-electron chi connectivity index (χ3n) is 4.52. The van der Waals surface area contributed by atoms with E-state index in [1.54, 1.807) is 24.4 Å². The number of nitrogens with two attached hydrogens (primary N) is 1. The second-order valence-corrected chi connectivity index (χ2v) is 6.16. The topological polar surface area (TPSA) is 111 Å². The first kappa shape index (κ1) is 17.1. The molecule has 1 fully saturated rings. The van der Waals surface area contributed by atoms with Crippen LogP contribution in [0.2, 0.25) is 0 Å². The van der Waals surface area contributed by atoms with E-state index in [9.17, 15) is 13.6 Å². The lowest BCUT2D eigenvalue weighted by Gasteiger charge is -2.38. The second kappa shape index (κ2) is 6.41. The number of pyridine rings is 1. The minimum absolute atomic E-state index is 0.0656. The van der Waals surface area contributed by atoms with Crippen molar-refractivity contribution in [1.29, 1.82) is 0 Å². The van der Waals surface area contributed by atoms with Gasteiger partial charge in [0, 0.05) is 24.4 Å². The molecule has 3 aromatic heterocycles. The molecule has 0 spiro atoms. The van der Waals surface area contributed by atoms with Crippen molar-refractivity contribution in [3.63, 3.8) is 0 Å². The van der Waals surface area contributed by atoms with Gasteiger partial charge in [-0.3, -0.25) is 0 Å². The summed E-state index contributed by atoms with van der Waals surface area (Å²) in [6, 6.07) is 4.57. The summed E-state index contributed by atoms with van der Waals surface area (Å²) < 4.78 is 34.6. The number of ether oxygens (including phenoxy) is 1. The van der Waals surface area contributed by atoms with Gasteiger partial charge in [-0.05, 0) is 18.6 Å². The van der Waals surface area contributed by atoms with Gasteiger partial charge in [-0.25, -0.2) is 9.31 Å². The summed E-state index contributed by atoms with van der Waals surface area (Å²) in [5.41, 5.74) is 6.86. The number of amides is 1. The summed E-state index contributed by atoms with van der Waals surface area (Å²) in [4.78, 5) is 12.3. The summed E-state index contributed by atoms with van der Waals surface area (Å²) in [6.07, 6.45) is 2.44. The summed E-state index contributed by atoms with van der Waals surface area (Å²) >= 11 is 0. The number of alkyl halides is 2. The maximum absolute atomic E-state index is 13.4. The van der Waals surface area contributed by atoms with Crippen molar-refractivity contribution in [3.05, 3.63) is 30.6 Å². The Morgan fingerprint density at radius 1 is 1.44 bits per heavy atom. The number of anilines is 1. The number of halogens is 2. The summed E-state index contributed by atoms with van der Waals surface area (Å²) in [5.74, 6) is 0.467. The molecule has 1 unspecified atom stereocenters. The van der Waals surface area contributed by atoms with Gasteiger partial charge in [0.1, 0.15) is 18.1 Å². The van der Waals surface area contributed by atoms with Crippen LogP contribution in [0.15, 0.2) is 30.6 Å². The Morgan fingerprint density at radius 2 is 2.26 bits per heavy atom. The largest absolute Gasteiger partial charge is 0.487 e. The van der Waals surface area contributed by atoms with Gasteiger partial charge in [-0.1, -0.05) is 0 Å². The van der Waals surface area contributed by atoms with E-state index in [0.717, 1.165) is 0 Å². The van der Waals surface area contributed by atoms with Crippen LogP contribution in [-0.4, -0.2) is 54.7 Å². The highest BCUT2D eigenvalue weighted by Gasteiger charge is 2.33. The molecule has 0 radical (unpaired) electrons. The third-order valence-corrected chi connectivity index (χ3v) is 4.52. The highest BCUT2D eigenvalue weighted by atomic mass is 19.3. The van der Waals surface area contributed by atoms with E-state index in [0.29, 0.717) is 34.5 Å². The highest BCUT2D eigenvalue weighted by molar-refractivity contribution is 5.72. The number of carbonyl (C=O) groups is 1. The monoisotopic (exact) mass is 378 g/mol. The molecule has 0 bridgehead atoms. The molecule has 1 atom stereocenters. The van der Waals surface area contributed by atoms with Gasteiger partial charge in [0.15, 0.2) is 5.75 Å². The molecule has 0 saturated carbocycles. The number of nitrogens with zero attached hydrogens (tertiary/aromatic N) is 5. The number of fused-ring (bicyclic) bond motifs is 1. The zero-order chi connectivity index (χ0) is 19.1. The summed E-state index contributed by atoms with van der Waals surface area (Å²) in [7, 11) is 0. The first-order valence-electron chi connectivity index (χ1n) is 8.17. The molecule has 27 heavy (non-hydrogen) atoms. The van der Waals surface area contributed by atoms with Gasteiger partial charge in [-0.15, -0.1) is 0 Å². The van der Waals surface area contributed by atoms with E-state index in [4.69, 9.17) is 15.6 Å². The van der Waals surface area contributed by atoms with Crippen molar-refractivity contribution in [1.82, 2.24) is 24.3 Å². The molecule has 4 heterocycles. The van der Waals surface area contributed by atoms with Crippen LogP contribution in [0.4, 0.5) is 19.4 Å². The lowest BCUT2D eigenvalue weighted by molar-refractivity contribution is 0.0493. The quantitative estimate of drug-likeness (QED) is 0.705. The van der Waals surface area contributed by atoms with Gasteiger partial charge in [0.25, 0.3) is 0 Å². The van der Waals surface area contributed by atoms with E-state index >= 15 is 0 Å². The number of likely N-dealkylation sites (tertiary alicyclic amines) is 1. The Morgan fingerprint density at radius 3 is 2.93 bits per heavy atom. The van der Waals surface area contributed by atoms with Crippen LogP contribution in [0, 0.1) is 0 Å². The van der Waals surface area contributed by atoms with Crippen LogP contribution in [0.25, 0.3) is 16.8 Å². The van der Waals surface area contributed by atoms with Crippen LogP contribution >= 0.6 is 0 Å². The van der Waals surface area contributed by atoms with Gasteiger partial charge in [0.2, 0.25) is 0 Å².